The lowest BCUT2D eigenvalue weighted by molar-refractivity contribution is -0.138. The van der Waals surface area contributed by atoms with Gasteiger partial charge in [-0.15, -0.1) is 0 Å². The van der Waals surface area contributed by atoms with E-state index in [1.165, 1.54) is 12.1 Å². The SMILES string of the molecule is C[C@H]1[C@@H](C(=O)N(C=O)c2cccc(C(F)(F)F)c2)C2(C)CCC1(C)O2. The van der Waals surface area contributed by atoms with Gasteiger partial charge in [-0.2, -0.15) is 13.2 Å². The first-order chi connectivity index (χ1) is 11.5. The normalized spacial score (nSPS) is 34.2. The van der Waals surface area contributed by atoms with Crippen molar-refractivity contribution in [1.82, 2.24) is 0 Å². The van der Waals surface area contributed by atoms with Crippen molar-refractivity contribution in [1.29, 1.82) is 0 Å². The number of carbonyl (C=O) groups is 2. The number of ether oxygens (including phenoxy) is 1. The van der Waals surface area contributed by atoms with E-state index in [4.69, 9.17) is 4.74 Å². The van der Waals surface area contributed by atoms with Crippen molar-refractivity contribution in [2.45, 2.75) is 51.0 Å². The summed E-state index contributed by atoms with van der Waals surface area (Å²) in [7, 11) is 0. The summed E-state index contributed by atoms with van der Waals surface area (Å²) >= 11 is 0. The molecule has 2 fully saturated rings. The molecule has 4 atom stereocenters. The van der Waals surface area contributed by atoms with Crippen molar-refractivity contribution in [2.75, 3.05) is 4.90 Å². The van der Waals surface area contributed by atoms with Gasteiger partial charge in [-0.3, -0.25) is 14.5 Å². The molecule has 1 aromatic rings. The van der Waals surface area contributed by atoms with Crippen molar-refractivity contribution in [3.05, 3.63) is 29.8 Å². The Bertz CT molecular complexity index is 720. The second-order valence-corrected chi connectivity index (χ2v) is 7.36. The highest BCUT2D eigenvalue weighted by molar-refractivity contribution is 6.08. The molecule has 1 aromatic carbocycles. The van der Waals surface area contributed by atoms with Crippen LogP contribution in [-0.4, -0.2) is 23.5 Å². The molecule has 0 N–H and O–H groups in total. The maximum absolute atomic E-state index is 13.0. The number of imide groups is 1. The molecule has 25 heavy (non-hydrogen) atoms. The smallest absolute Gasteiger partial charge is 0.368 e. The lowest BCUT2D eigenvalue weighted by atomic mass is 9.68. The highest BCUT2D eigenvalue weighted by atomic mass is 19.4. The molecule has 0 aromatic heterocycles. The number of nitrogens with zero attached hydrogens (tertiary/aromatic N) is 1. The van der Waals surface area contributed by atoms with E-state index < -0.39 is 34.8 Å². The minimum atomic E-state index is -4.55. The summed E-state index contributed by atoms with van der Waals surface area (Å²) in [5.41, 5.74) is -2.13. The lowest BCUT2D eigenvalue weighted by Gasteiger charge is -2.35. The molecule has 2 amide bonds. The van der Waals surface area contributed by atoms with Crippen LogP contribution in [0, 0.1) is 11.8 Å². The number of hydrogen-bond acceptors (Lipinski definition) is 3. The molecule has 2 saturated heterocycles. The van der Waals surface area contributed by atoms with Gasteiger partial charge in [0.15, 0.2) is 0 Å². The number of amides is 2. The molecule has 2 bridgehead atoms. The Labute approximate surface area is 143 Å². The van der Waals surface area contributed by atoms with Crippen molar-refractivity contribution in [3.63, 3.8) is 0 Å². The summed E-state index contributed by atoms with van der Waals surface area (Å²) in [6.07, 6.45) is -2.77. The zero-order valence-electron chi connectivity index (χ0n) is 14.3. The van der Waals surface area contributed by atoms with Gasteiger partial charge in [-0.1, -0.05) is 13.0 Å². The maximum Gasteiger partial charge on any atom is 0.416 e. The van der Waals surface area contributed by atoms with Crippen LogP contribution < -0.4 is 4.90 Å². The zero-order chi connectivity index (χ0) is 18.6. The second-order valence-electron chi connectivity index (χ2n) is 7.36. The highest BCUT2D eigenvalue weighted by Gasteiger charge is 2.64. The predicted molar refractivity (Wildman–Crippen MR) is 84.8 cm³/mol. The van der Waals surface area contributed by atoms with Crippen LogP contribution >= 0.6 is 0 Å². The fraction of sp³-hybridized carbons (Fsp3) is 0.556. The van der Waals surface area contributed by atoms with Crippen LogP contribution in [0.15, 0.2) is 24.3 Å². The van der Waals surface area contributed by atoms with Gasteiger partial charge in [0.05, 0.1) is 28.4 Å². The number of hydrogen-bond donors (Lipinski definition) is 0. The third kappa shape index (κ3) is 2.74. The van der Waals surface area contributed by atoms with Crippen molar-refractivity contribution >= 4 is 18.0 Å². The standard InChI is InChI=1S/C18H20F3NO3/c1-11-14(17(3)8-7-16(11,2)25-17)15(24)22(10-23)13-6-4-5-12(9-13)18(19,20)21/h4-6,9-11,14H,7-8H2,1-3H3/t11-,14-,16?,17?/m0/s1. The van der Waals surface area contributed by atoms with Gasteiger partial charge in [0.1, 0.15) is 0 Å². The van der Waals surface area contributed by atoms with Crippen LogP contribution in [-0.2, 0) is 20.5 Å². The minimum absolute atomic E-state index is 0.0847. The number of carbonyl (C=O) groups excluding carboxylic acids is 2. The van der Waals surface area contributed by atoms with Crippen LogP contribution in [0.4, 0.5) is 18.9 Å². The molecule has 136 valence electrons. The van der Waals surface area contributed by atoms with Gasteiger partial charge in [0.25, 0.3) is 0 Å². The predicted octanol–water partition coefficient (Wildman–Crippen LogP) is 3.79. The first-order valence-electron chi connectivity index (χ1n) is 8.18. The van der Waals surface area contributed by atoms with Crippen LogP contribution in [0.1, 0.15) is 39.2 Å². The number of benzene rings is 1. The number of alkyl halides is 3. The topological polar surface area (TPSA) is 46.6 Å². The summed E-state index contributed by atoms with van der Waals surface area (Å²) in [5, 5.41) is 0. The largest absolute Gasteiger partial charge is 0.416 e. The number of fused-ring (bicyclic) bond motifs is 2. The molecule has 0 spiro atoms. The number of anilines is 1. The van der Waals surface area contributed by atoms with Gasteiger partial charge in [0, 0.05) is 0 Å². The van der Waals surface area contributed by atoms with E-state index in [0.717, 1.165) is 23.5 Å². The molecule has 2 aliphatic rings. The molecule has 4 nitrogen and oxygen atoms in total. The molecule has 2 unspecified atom stereocenters. The van der Waals surface area contributed by atoms with Crippen molar-refractivity contribution in [2.24, 2.45) is 11.8 Å². The van der Waals surface area contributed by atoms with Gasteiger partial charge in [-0.25, -0.2) is 0 Å². The van der Waals surface area contributed by atoms with Gasteiger partial charge in [-0.05, 0) is 50.8 Å². The Kier molecular flexibility index (Phi) is 3.98. The summed E-state index contributed by atoms with van der Waals surface area (Å²) in [6, 6.07) is 4.23. The molecule has 0 aliphatic carbocycles. The minimum Gasteiger partial charge on any atom is -0.368 e. The number of halogens is 3. The van der Waals surface area contributed by atoms with Crippen LogP contribution in [0.2, 0.25) is 0 Å². The monoisotopic (exact) mass is 355 g/mol. The molecule has 7 heteroatoms. The maximum atomic E-state index is 13.0. The molecule has 2 heterocycles. The van der Waals surface area contributed by atoms with Crippen LogP contribution in [0.5, 0.6) is 0 Å². The van der Waals surface area contributed by atoms with Gasteiger partial charge in [0.2, 0.25) is 12.3 Å². The third-order valence-electron chi connectivity index (χ3n) is 5.77. The Morgan fingerprint density at radius 3 is 2.44 bits per heavy atom. The Hall–Kier alpha value is -1.89. The Balaban J connectivity index is 1.95. The summed E-state index contributed by atoms with van der Waals surface area (Å²) < 4.78 is 44.8. The van der Waals surface area contributed by atoms with Crippen molar-refractivity contribution < 1.29 is 27.5 Å². The molecule has 0 radical (unpaired) electrons. The van der Waals surface area contributed by atoms with E-state index in [1.54, 1.807) is 0 Å². The van der Waals surface area contributed by atoms with E-state index in [2.05, 4.69) is 0 Å². The lowest BCUT2D eigenvalue weighted by Crippen LogP contribution is -2.48. The first-order valence-corrected chi connectivity index (χ1v) is 8.18. The average molecular weight is 355 g/mol. The van der Waals surface area contributed by atoms with Crippen molar-refractivity contribution in [3.8, 4) is 0 Å². The third-order valence-corrected chi connectivity index (χ3v) is 5.77. The average Bonchev–Trinajstić information content (AvgIpc) is 2.94. The second kappa shape index (κ2) is 5.56. The first kappa shape index (κ1) is 17.9. The molecule has 3 rings (SSSR count). The highest BCUT2D eigenvalue weighted by Crippen LogP contribution is 2.57. The quantitative estimate of drug-likeness (QED) is 0.775. The fourth-order valence-corrected chi connectivity index (χ4v) is 4.25. The summed E-state index contributed by atoms with van der Waals surface area (Å²) in [4.78, 5) is 25.3. The molecular weight excluding hydrogens is 335 g/mol. The molecule has 0 saturated carbocycles. The van der Waals surface area contributed by atoms with E-state index in [0.29, 0.717) is 6.42 Å². The van der Waals surface area contributed by atoms with E-state index in [-0.39, 0.29) is 18.0 Å². The zero-order valence-corrected chi connectivity index (χ0v) is 14.3. The Morgan fingerprint density at radius 1 is 1.28 bits per heavy atom. The summed E-state index contributed by atoms with van der Waals surface area (Å²) in [5.74, 6) is -1.23. The van der Waals surface area contributed by atoms with Gasteiger partial charge < -0.3 is 4.74 Å². The van der Waals surface area contributed by atoms with E-state index in [9.17, 15) is 22.8 Å². The van der Waals surface area contributed by atoms with E-state index >= 15 is 0 Å². The van der Waals surface area contributed by atoms with Gasteiger partial charge >= 0.3 is 6.18 Å². The Morgan fingerprint density at radius 2 is 1.92 bits per heavy atom. The molecular formula is C18H20F3NO3. The summed E-state index contributed by atoms with van der Waals surface area (Å²) in [6.45, 7) is 5.66. The van der Waals surface area contributed by atoms with E-state index in [1.807, 2.05) is 20.8 Å². The van der Waals surface area contributed by atoms with Crippen LogP contribution in [0.3, 0.4) is 0 Å². The number of rotatable bonds is 3. The molecule has 2 aliphatic heterocycles. The van der Waals surface area contributed by atoms with Crippen LogP contribution in [0.25, 0.3) is 0 Å². The fourth-order valence-electron chi connectivity index (χ4n) is 4.25.